The van der Waals surface area contributed by atoms with Crippen LogP contribution >= 0.6 is 0 Å². The number of nitrogens with zero attached hydrogens (tertiary/aromatic N) is 1. The van der Waals surface area contributed by atoms with Crippen LogP contribution in [0.15, 0.2) is 39.9 Å². The van der Waals surface area contributed by atoms with Gasteiger partial charge in [0.25, 0.3) is 5.56 Å². The van der Waals surface area contributed by atoms with Crippen molar-refractivity contribution in [2.75, 3.05) is 5.32 Å². The monoisotopic (exact) mass is 343 g/mol. The van der Waals surface area contributed by atoms with Crippen molar-refractivity contribution in [1.29, 1.82) is 0 Å². The molecule has 1 aromatic carbocycles. The maximum absolute atomic E-state index is 12.0. The Hall–Kier alpha value is -2.83. The molecule has 1 aromatic heterocycles. The van der Waals surface area contributed by atoms with Crippen molar-refractivity contribution in [3.63, 3.8) is 0 Å². The fourth-order valence-corrected chi connectivity index (χ4v) is 3.11. The Morgan fingerprint density at radius 2 is 1.84 bits per heavy atom. The number of amides is 1. The van der Waals surface area contributed by atoms with E-state index in [1.165, 1.54) is 17.1 Å². The molecular formula is C18H21N3O4. The van der Waals surface area contributed by atoms with Gasteiger partial charge in [0.1, 0.15) is 6.10 Å². The predicted octanol–water partition coefficient (Wildman–Crippen LogP) is 2.72. The third-order valence-corrected chi connectivity index (χ3v) is 4.32. The second kappa shape index (κ2) is 7.38. The number of carbonyl (C=O) groups is 1. The topological polar surface area (TPSA) is 93.2 Å². The smallest absolute Gasteiger partial charge is 0.411 e. The first-order valence-electron chi connectivity index (χ1n) is 8.44. The summed E-state index contributed by atoms with van der Waals surface area (Å²) in [6.07, 6.45) is 4.76. The molecule has 2 N–H and O–H groups in total. The van der Waals surface area contributed by atoms with E-state index in [0.29, 0.717) is 17.1 Å². The van der Waals surface area contributed by atoms with Crippen molar-refractivity contribution in [1.82, 2.24) is 9.55 Å². The molecule has 1 aliphatic rings. The Labute approximate surface area is 144 Å². The average Bonchev–Trinajstić information content (AvgIpc) is 2.56. The van der Waals surface area contributed by atoms with E-state index in [-0.39, 0.29) is 6.10 Å². The Kier molecular flexibility index (Phi) is 5.02. The van der Waals surface area contributed by atoms with Crippen LogP contribution in [0.3, 0.4) is 0 Å². The predicted molar refractivity (Wildman–Crippen MR) is 94.4 cm³/mol. The highest BCUT2D eigenvalue weighted by molar-refractivity contribution is 5.84. The zero-order valence-electron chi connectivity index (χ0n) is 14.1. The Morgan fingerprint density at radius 3 is 2.48 bits per heavy atom. The molecule has 1 heterocycles. The number of nitrogens with one attached hydrogen (secondary N) is 2. The quantitative estimate of drug-likeness (QED) is 0.896. The maximum atomic E-state index is 12.0. The molecule has 132 valence electrons. The maximum Gasteiger partial charge on any atom is 0.411 e. The first-order chi connectivity index (χ1) is 12.0. The summed E-state index contributed by atoms with van der Waals surface area (Å²) in [7, 11) is 0. The average molecular weight is 343 g/mol. The number of aromatic nitrogens is 2. The molecule has 7 heteroatoms. The van der Waals surface area contributed by atoms with Crippen LogP contribution in [0, 0.1) is 6.92 Å². The van der Waals surface area contributed by atoms with Gasteiger partial charge in [0.2, 0.25) is 0 Å². The van der Waals surface area contributed by atoms with Crippen LogP contribution in [0.1, 0.15) is 37.8 Å². The van der Waals surface area contributed by atoms with E-state index in [2.05, 4.69) is 10.3 Å². The van der Waals surface area contributed by atoms with E-state index in [4.69, 9.17) is 4.74 Å². The molecule has 1 aliphatic carbocycles. The molecule has 0 atom stereocenters. The van der Waals surface area contributed by atoms with Gasteiger partial charge in [-0.3, -0.25) is 19.7 Å². The lowest BCUT2D eigenvalue weighted by Crippen LogP contribution is -2.29. The summed E-state index contributed by atoms with van der Waals surface area (Å²) in [5.74, 6) is 0. The third-order valence-electron chi connectivity index (χ3n) is 4.32. The van der Waals surface area contributed by atoms with Gasteiger partial charge < -0.3 is 4.74 Å². The number of hydrogen-bond acceptors (Lipinski definition) is 4. The molecule has 0 spiro atoms. The van der Waals surface area contributed by atoms with E-state index in [1.807, 2.05) is 0 Å². The van der Waals surface area contributed by atoms with E-state index >= 15 is 0 Å². The molecule has 0 bridgehead atoms. The van der Waals surface area contributed by atoms with Gasteiger partial charge in [0.05, 0.1) is 5.69 Å². The summed E-state index contributed by atoms with van der Waals surface area (Å²) in [6, 6.07) is 8.13. The van der Waals surface area contributed by atoms with Crippen LogP contribution in [0.25, 0.3) is 5.69 Å². The van der Waals surface area contributed by atoms with Crippen molar-refractivity contribution < 1.29 is 9.53 Å². The highest BCUT2D eigenvalue weighted by Crippen LogP contribution is 2.21. The minimum atomic E-state index is -0.498. The minimum absolute atomic E-state index is 0.00427. The minimum Gasteiger partial charge on any atom is -0.446 e. The van der Waals surface area contributed by atoms with Crippen LogP contribution in [-0.4, -0.2) is 21.7 Å². The number of H-pyrrole nitrogens is 1. The molecule has 0 unspecified atom stereocenters. The lowest BCUT2D eigenvalue weighted by Gasteiger charge is -2.21. The molecule has 1 fully saturated rings. The SMILES string of the molecule is Cc1cc(=O)[nH]c(=O)n1-c1ccc(NC(=O)OC2CCCCC2)cc1. The third kappa shape index (κ3) is 4.17. The largest absolute Gasteiger partial charge is 0.446 e. The van der Waals surface area contributed by atoms with Crippen molar-refractivity contribution in [2.24, 2.45) is 0 Å². The van der Waals surface area contributed by atoms with Gasteiger partial charge in [-0.1, -0.05) is 6.42 Å². The number of aromatic amines is 1. The van der Waals surface area contributed by atoms with Gasteiger partial charge >= 0.3 is 11.8 Å². The van der Waals surface area contributed by atoms with Crippen molar-refractivity contribution >= 4 is 11.8 Å². The van der Waals surface area contributed by atoms with Gasteiger partial charge in [-0.15, -0.1) is 0 Å². The number of rotatable bonds is 3. The van der Waals surface area contributed by atoms with Crippen molar-refractivity contribution in [2.45, 2.75) is 45.1 Å². The first kappa shape index (κ1) is 17.0. The summed E-state index contributed by atoms with van der Waals surface area (Å²) < 4.78 is 6.81. The number of carbonyl (C=O) groups excluding carboxylic acids is 1. The van der Waals surface area contributed by atoms with Gasteiger partial charge in [0, 0.05) is 17.4 Å². The fourth-order valence-electron chi connectivity index (χ4n) is 3.11. The van der Waals surface area contributed by atoms with Gasteiger partial charge in [-0.25, -0.2) is 9.59 Å². The summed E-state index contributed by atoms with van der Waals surface area (Å²) >= 11 is 0. The highest BCUT2D eigenvalue weighted by Gasteiger charge is 2.17. The van der Waals surface area contributed by atoms with E-state index in [9.17, 15) is 14.4 Å². The standard InChI is InChI=1S/C18H21N3O4/c1-12-11-16(22)20-17(23)21(12)14-9-7-13(8-10-14)19-18(24)25-15-5-3-2-4-6-15/h7-11,15H,2-6H2,1H3,(H,19,24)(H,20,22,23). The molecule has 1 saturated carbocycles. The Morgan fingerprint density at radius 1 is 1.16 bits per heavy atom. The van der Waals surface area contributed by atoms with E-state index in [1.54, 1.807) is 31.2 Å². The molecule has 2 aromatic rings. The molecular weight excluding hydrogens is 322 g/mol. The lowest BCUT2D eigenvalue weighted by molar-refractivity contribution is 0.0865. The summed E-state index contributed by atoms with van der Waals surface area (Å²) in [6.45, 7) is 1.68. The molecule has 0 saturated heterocycles. The van der Waals surface area contributed by atoms with Crippen LogP contribution in [0.4, 0.5) is 10.5 Å². The number of hydrogen-bond donors (Lipinski definition) is 2. The van der Waals surface area contributed by atoms with Crippen molar-refractivity contribution in [3.05, 3.63) is 56.9 Å². The summed E-state index contributed by atoms with van der Waals surface area (Å²) in [4.78, 5) is 37.5. The molecule has 0 radical (unpaired) electrons. The van der Waals surface area contributed by atoms with Crippen LogP contribution in [0.5, 0.6) is 0 Å². The van der Waals surface area contributed by atoms with Crippen molar-refractivity contribution in [3.8, 4) is 5.69 Å². The number of aryl methyl sites for hydroxylation is 1. The zero-order chi connectivity index (χ0) is 17.8. The van der Waals surface area contributed by atoms with Gasteiger partial charge in [0.15, 0.2) is 0 Å². The second-order valence-corrected chi connectivity index (χ2v) is 6.25. The van der Waals surface area contributed by atoms with Gasteiger partial charge in [-0.2, -0.15) is 0 Å². The number of ether oxygens (including phenoxy) is 1. The molecule has 7 nitrogen and oxygen atoms in total. The zero-order valence-corrected chi connectivity index (χ0v) is 14.1. The molecule has 0 aliphatic heterocycles. The Bertz CT molecular complexity index is 861. The summed E-state index contributed by atoms with van der Waals surface area (Å²) in [5.41, 5.74) is 0.792. The van der Waals surface area contributed by atoms with E-state index < -0.39 is 17.3 Å². The summed E-state index contributed by atoms with van der Waals surface area (Å²) in [5, 5.41) is 2.70. The van der Waals surface area contributed by atoms with E-state index in [0.717, 1.165) is 25.7 Å². The number of anilines is 1. The lowest BCUT2D eigenvalue weighted by atomic mass is 9.98. The molecule has 1 amide bonds. The van der Waals surface area contributed by atoms with Crippen LogP contribution in [0.2, 0.25) is 0 Å². The Balaban J connectivity index is 1.69. The van der Waals surface area contributed by atoms with Crippen LogP contribution < -0.4 is 16.6 Å². The first-order valence-corrected chi connectivity index (χ1v) is 8.44. The van der Waals surface area contributed by atoms with Crippen LogP contribution in [-0.2, 0) is 4.74 Å². The highest BCUT2D eigenvalue weighted by atomic mass is 16.6. The molecule has 3 rings (SSSR count). The normalized spacial score (nSPS) is 14.9. The number of benzene rings is 1. The van der Waals surface area contributed by atoms with Gasteiger partial charge in [-0.05, 0) is 56.9 Å². The fraction of sp³-hybridized carbons (Fsp3) is 0.389. The molecule has 25 heavy (non-hydrogen) atoms. The second-order valence-electron chi connectivity index (χ2n) is 6.25.